The van der Waals surface area contributed by atoms with Crippen molar-refractivity contribution in [3.05, 3.63) is 59.2 Å². The van der Waals surface area contributed by atoms with Gasteiger partial charge in [0, 0.05) is 37.1 Å². The van der Waals surface area contributed by atoms with Crippen LogP contribution in [0, 0.1) is 0 Å². The third-order valence-corrected chi connectivity index (χ3v) is 4.33. The first-order valence-corrected chi connectivity index (χ1v) is 8.45. The molecule has 1 saturated heterocycles. The van der Waals surface area contributed by atoms with Crippen molar-refractivity contribution >= 4 is 17.6 Å². The number of benzene rings is 1. The fourth-order valence-electron chi connectivity index (χ4n) is 2.60. The van der Waals surface area contributed by atoms with Crippen LogP contribution >= 0.6 is 11.6 Å². The third kappa shape index (κ3) is 3.50. The van der Waals surface area contributed by atoms with Gasteiger partial charge < -0.3 is 14.7 Å². The largest absolute Gasteiger partial charge is 0.338 e. The Morgan fingerprint density at radius 3 is 2.65 bits per heavy atom. The number of urea groups is 1. The van der Waals surface area contributed by atoms with Crippen molar-refractivity contribution in [1.29, 1.82) is 0 Å². The summed E-state index contributed by atoms with van der Waals surface area (Å²) in [6.45, 7) is 1.51. The lowest BCUT2D eigenvalue weighted by molar-refractivity contribution is 0.136. The smallest absolute Gasteiger partial charge is 0.317 e. The molecule has 26 heavy (non-hydrogen) atoms. The minimum absolute atomic E-state index is 0.0289. The highest BCUT2D eigenvalue weighted by Gasteiger charge is 2.35. The summed E-state index contributed by atoms with van der Waals surface area (Å²) in [6, 6.07) is 8.96. The first-order valence-electron chi connectivity index (χ1n) is 8.07. The van der Waals surface area contributed by atoms with E-state index in [1.807, 2.05) is 12.1 Å². The average Bonchev–Trinajstić information content (AvgIpc) is 3.10. The van der Waals surface area contributed by atoms with E-state index in [1.54, 1.807) is 35.5 Å². The number of likely N-dealkylation sites (tertiary alicyclic amines) is 1. The van der Waals surface area contributed by atoms with Gasteiger partial charge in [0.2, 0.25) is 17.5 Å². The third-order valence-electron chi connectivity index (χ3n) is 4.08. The molecule has 132 valence electrons. The van der Waals surface area contributed by atoms with Crippen LogP contribution in [-0.2, 0) is 6.54 Å². The molecule has 0 unspecified atom stereocenters. The molecule has 0 spiro atoms. The average molecular weight is 371 g/mol. The monoisotopic (exact) mass is 370 g/mol. The summed E-state index contributed by atoms with van der Waals surface area (Å²) in [4.78, 5) is 26.4. The first kappa shape index (κ1) is 16.5. The summed E-state index contributed by atoms with van der Waals surface area (Å²) in [6.07, 6.45) is 3.24. The number of carbonyl (C=O) groups excluding carboxylic acids is 1. The molecule has 4 rings (SSSR count). The molecule has 2 aromatic heterocycles. The lowest BCUT2D eigenvalue weighted by Gasteiger charge is -2.36. The molecule has 1 aromatic carbocycles. The van der Waals surface area contributed by atoms with Crippen LogP contribution in [0.3, 0.4) is 0 Å². The fraction of sp³-hybridized carbons (Fsp3) is 0.235. The van der Waals surface area contributed by atoms with E-state index in [-0.39, 0.29) is 11.9 Å². The zero-order valence-electron chi connectivity index (χ0n) is 13.7. The SMILES string of the molecule is O=C(NCc1ccc(Cl)cc1)N1CC(c2nc(-c3ncccn3)no2)C1. The highest BCUT2D eigenvalue weighted by Crippen LogP contribution is 2.26. The van der Waals surface area contributed by atoms with E-state index in [2.05, 4.69) is 25.4 Å². The lowest BCUT2D eigenvalue weighted by atomic mass is 10.0. The van der Waals surface area contributed by atoms with Gasteiger partial charge in [-0.1, -0.05) is 28.9 Å². The number of aromatic nitrogens is 4. The van der Waals surface area contributed by atoms with Crippen molar-refractivity contribution in [1.82, 2.24) is 30.3 Å². The van der Waals surface area contributed by atoms with E-state index in [0.717, 1.165) is 5.56 Å². The number of amides is 2. The topological polar surface area (TPSA) is 97.0 Å². The maximum Gasteiger partial charge on any atom is 0.317 e. The molecule has 3 heterocycles. The Morgan fingerprint density at radius 2 is 1.92 bits per heavy atom. The molecule has 0 bridgehead atoms. The summed E-state index contributed by atoms with van der Waals surface area (Å²) >= 11 is 5.85. The van der Waals surface area contributed by atoms with Crippen LogP contribution in [-0.4, -0.2) is 44.1 Å². The van der Waals surface area contributed by atoms with Gasteiger partial charge in [0.05, 0.1) is 5.92 Å². The van der Waals surface area contributed by atoms with Gasteiger partial charge in [-0.25, -0.2) is 14.8 Å². The molecule has 0 radical (unpaired) electrons. The minimum Gasteiger partial charge on any atom is -0.338 e. The van der Waals surface area contributed by atoms with E-state index in [0.29, 0.717) is 42.2 Å². The summed E-state index contributed by atoms with van der Waals surface area (Å²) in [5.41, 5.74) is 0.990. The van der Waals surface area contributed by atoms with Crippen molar-refractivity contribution < 1.29 is 9.32 Å². The highest BCUT2D eigenvalue weighted by molar-refractivity contribution is 6.30. The second-order valence-corrected chi connectivity index (χ2v) is 6.35. The van der Waals surface area contributed by atoms with Crippen LogP contribution in [0.5, 0.6) is 0 Å². The highest BCUT2D eigenvalue weighted by atomic mass is 35.5. The van der Waals surface area contributed by atoms with Crippen molar-refractivity contribution in [3.63, 3.8) is 0 Å². The zero-order valence-corrected chi connectivity index (χ0v) is 14.4. The Balaban J connectivity index is 1.29. The van der Waals surface area contributed by atoms with Crippen molar-refractivity contribution in [2.75, 3.05) is 13.1 Å². The summed E-state index contributed by atoms with van der Waals surface area (Å²) in [7, 11) is 0. The number of hydrogen-bond donors (Lipinski definition) is 1. The number of nitrogens with zero attached hydrogens (tertiary/aromatic N) is 5. The molecule has 1 aliphatic heterocycles. The summed E-state index contributed by atoms with van der Waals surface area (Å²) in [5, 5.41) is 7.45. The molecule has 3 aromatic rings. The van der Waals surface area contributed by atoms with Gasteiger partial charge >= 0.3 is 6.03 Å². The quantitative estimate of drug-likeness (QED) is 0.757. The first-order chi connectivity index (χ1) is 12.7. The maximum atomic E-state index is 12.2. The van der Waals surface area contributed by atoms with Gasteiger partial charge in [0.1, 0.15) is 0 Å². The van der Waals surface area contributed by atoms with E-state index in [9.17, 15) is 4.79 Å². The maximum absolute atomic E-state index is 12.2. The van der Waals surface area contributed by atoms with E-state index < -0.39 is 0 Å². The van der Waals surface area contributed by atoms with Crippen LogP contribution in [0.25, 0.3) is 11.6 Å². The number of carbonyl (C=O) groups is 1. The summed E-state index contributed by atoms with van der Waals surface area (Å²) in [5.74, 6) is 1.29. The predicted octanol–water partition coefficient (Wildman–Crippen LogP) is 2.49. The number of rotatable bonds is 4. The molecule has 8 nitrogen and oxygen atoms in total. The van der Waals surface area contributed by atoms with Crippen LogP contribution in [0.2, 0.25) is 5.02 Å². The molecule has 9 heteroatoms. The normalized spacial score (nSPS) is 14.1. The zero-order chi connectivity index (χ0) is 17.9. The lowest BCUT2D eigenvalue weighted by Crippen LogP contribution is -2.52. The van der Waals surface area contributed by atoms with Crippen LogP contribution < -0.4 is 5.32 Å². The van der Waals surface area contributed by atoms with Crippen LogP contribution in [0.15, 0.2) is 47.2 Å². The minimum atomic E-state index is -0.123. The van der Waals surface area contributed by atoms with Crippen molar-refractivity contribution in [2.45, 2.75) is 12.5 Å². The Bertz CT molecular complexity index is 893. The van der Waals surface area contributed by atoms with Gasteiger partial charge in [-0.15, -0.1) is 0 Å². The standard InChI is InChI=1S/C17H15ClN6O2/c18-13-4-2-11(3-5-13)8-21-17(25)24-9-12(10-24)16-22-15(23-26-16)14-19-6-1-7-20-14/h1-7,12H,8-10H2,(H,21,25). The number of nitrogens with one attached hydrogen (secondary N) is 1. The summed E-state index contributed by atoms with van der Waals surface area (Å²) < 4.78 is 5.28. The second kappa shape index (κ2) is 7.09. The Morgan fingerprint density at radius 1 is 1.19 bits per heavy atom. The second-order valence-electron chi connectivity index (χ2n) is 5.92. The number of halogens is 1. The molecular formula is C17H15ClN6O2. The molecule has 1 fully saturated rings. The Kier molecular flexibility index (Phi) is 4.49. The van der Waals surface area contributed by atoms with Crippen LogP contribution in [0.1, 0.15) is 17.4 Å². The Labute approximate surface area is 154 Å². The number of hydrogen-bond acceptors (Lipinski definition) is 6. The van der Waals surface area contributed by atoms with Gasteiger partial charge in [-0.05, 0) is 23.8 Å². The molecule has 0 saturated carbocycles. The predicted molar refractivity (Wildman–Crippen MR) is 93.3 cm³/mol. The molecule has 1 aliphatic rings. The van der Waals surface area contributed by atoms with E-state index in [1.165, 1.54) is 0 Å². The molecular weight excluding hydrogens is 356 g/mol. The molecule has 0 aliphatic carbocycles. The van der Waals surface area contributed by atoms with E-state index >= 15 is 0 Å². The molecule has 2 amide bonds. The van der Waals surface area contributed by atoms with Gasteiger partial charge in [-0.3, -0.25) is 0 Å². The Hall–Kier alpha value is -3.00. The van der Waals surface area contributed by atoms with Crippen LogP contribution in [0.4, 0.5) is 4.79 Å². The van der Waals surface area contributed by atoms with Crippen molar-refractivity contribution in [2.24, 2.45) is 0 Å². The molecule has 0 atom stereocenters. The van der Waals surface area contributed by atoms with Gasteiger partial charge in [-0.2, -0.15) is 4.98 Å². The van der Waals surface area contributed by atoms with E-state index in [4.69, 9.17) is 16.1 Å². The van der Waals surface area contributed by atoms with Gasteiger partial charge in [0.25, 0.3) is 0 Å². The van der Waals surface area contributed by atoms with Gasteiger partial charge in [0.15, 0.2) is 0 Å². The van der Waals surface area contributed by atoms with Crippen molar-refractivity contribution in [3.8, 4) is 11.6 Å². The fourth-order valence-corrected chi connectivity index (χ4v) is 2.72. The molecule has 1 N–H and O–H groups in total.